The molecule has 4 rings (SSSR count). The molecular weight excluding hydrogens is 452 g/mol. The lowest BCUT2D eigenvalue weighted by molar-refractivity contribution is -0.274. The molecule has 2 heterocycles. The number of benzene rings is 2. The summed E-state index contributed by atoms with van der Waals surface area (Å²) in [6.45, 7) is -0.271. The number of rotatable bonds is 4. The molecular formula is C22H13F6N3O2. The third-order valence-electron chi connectivity index (χ3n) is 4.68. The molecule has 0 aliphatic rings. The summed E-state index contributed by atoms with van der Waals surface area (Å²) in [5, 5.41) is 4.74. The molecule has 0 N–H and O–H groups in total. The van der Waals surface area contributed by atoms with E-state index in [1.165, 1.54) is 36.5 Å². The minimum Gasteiger partial charge on any atom is -0.406 e. The highest BCUT2D eigenvalue weighted by atomic mass is 19.4. The Labute approximate surface area is 181 Å². The van der Waals surface area contributed by atoms with Crippen LogP contribution in [0.15, 0.2) is 71.7 Å². The Morgan fingerprint density at radius 1 is 0.879 bits per heavy atom. The van der Waals surface area contributed by atoms with E-state index in [-0.39, 0.29) is 23.4 Å². The average molecular weight is 465 g/mol. The number of halogens is 6. The Balaban J connectivity index is 1.66. The van der Waals surface area contributed by atoms with Crippen LogP contribution < -0.4 is 10.3 Å². The molecule has 0 saturated carbocycles. The number of pyridine rings is 1. The summed E-state index contributed by atoms with van der Waals surface area (Å²) < 4.78 is 80.5. The molecule has 0 amide bonds. The van der Waals surface area contributed by atoms with Gasteiger partial charge in [-0.3, -0.25) is 4.79 Å². The maximum absolute atomic E-state index is 12.9. The van der Waals surface area contributed by atoms with Gasteiger partial charge in [-0.25, -0.2) is 9.67 Å². The molecule has 5 nitrogen and oxygen atoms in total. The van der Waals surface area contributed by atoms with Crippen molar-refractivity contribution in [3.8, 4) is 16.9 Å². The number of alkyl halides is 6. The van der Waals surface area contributed by atoms with Crippen LogP contribution in [0.1, 0.15) is 11.4 Å². The maximum Gasteiger partial charge on any atom is 0.573 e. The molecule has 33 heavy (non-hydrogen) atoms. The first kappa shape index (κ1) is 22.3. The summed E-state index contributed by atoms with van der Waals surface area (Å²) in [5.74, 6) is -0.382. The molecule has 0 spiro atoms. The second-order valence-corrected chi connectivity index (χ2v) is 6.99. The largest absolute Gasteiger partial charge is 0.573 e. The summed E-state index contributed by atoms with van der Waals surface area (Å²) >= 11 is 0. The lowest BCUT2D eigenvalue weighted by atomic mass is 10.0. The van der Waals surface area contributed by atoms with Crippen molar-refractivity contribution < 1.29 is 31.1 Å². The third kappa shape index (κ3) is 5.13. The van der Waals surface area contributed by atoms with Gasteiger partial charge in [0.25, 0.3) is 5.56 Å². The molecule has 0 fully saturated rings. The lowest BCUT2D eigenvalue weighted by Gasteiger charge is -2.11. The number of fused-ring (bicyclic) bond motifs is 1. The van der Waals surface area contributed by atoms with Gasteiger partial charge in [0.15, 0.2) is 0 Å². The first-order valence-electron chi connectivity index (χ1n) is 9.39. The third-order valence-corrected chi connectivity index (χ3v) is 4.68. The standard InChI is InChI=1S/C22H13F6N3O2/c23-21(24,25)19-3-1-2-16(30-19)12-31-20(32)18-10-14(4-5-15(18)11-29-31)13-6-8-17(9-7-13)33-22(26,27)28/h1-11H,12H2. The monoisotopic (exact) mass is 465 g/mol. The van der Waals surface area contributed by atoms with Crippen molar-refractivity contribution in [1.29, 1.82) is 0 Å². The van der Waals surface area contributed by atoms with Crippen LogP contribution in [0.2, 0.25) is 0 Å². The molecule has 0 saturated heterocycles. The minimum absolute atomic E-state index is 0.00943. The first-order chi connectivity index (χ1) is 15.5. The molecule has 2 aromatic carbocycles. The molecule has 0 atom stereocenters. The highest BCUT2D eigenvalue weighted by Gasteiger charge is 2.32. The van der Waals surface area contributed by atoms with E-state index in [1.807, 2.05) is 0 Å². The topological polar surface area (TPSA) is 57.0 Å². The predicted octanol–water partition coefficient (Wildman–Crippen LogP) is 5.42. The fraction of sp³-hybridized carbons (Fsp3) is 0.136. The van der Waals surface area contributed by atoms with Gasteiger partial charge in [-0.15, -0.1) is 13.2 Å². The second-order valence-electron chi connectivity index (χ2n) is 6.99. The molecule has 170 valence electrons. The molecule has 0 aliphatic carbocycles. The molecule has 0 radical (unpaired) electrons. The van der Waals surface area contributed by atoms with E-state index in [0.717, 1.165) is 22.9 Å². The van der Waals surface area contributed by atoms with E-state index < -0.39 is 23.8 Å². The lowest BCUT2D eigenvalue weighted by Crippen LogP contribution is -2.24. The van der Waals surface area contributed by atoms with Crippen LogP contribution in [0.5, 0.6) is 5.75 Å². The van der Waals surface area contributed by atoms with E-state index in [4.69, 9.17) is 0 Å². The number of ether oxygens (including phenoxy) is 1. The SMILES string of the molecule is O=c1c2cc(-c3ccc(OC(F)(F)F)cc3)ccc2cnn1Cc1cccc(C(F)(F)F)n1. The highest BCUT2D eigenvalue weighted by molar-refractivity contribution is 5.86. The van der Waals surface area contributed by atoms with E-state index in [1.54, 1.807) is 12.1 Å². The summed E-state index contributed by atoms with van der Waals surface area (Å²) in [6, 6.07) is 13.3. The van der Waals surface area contributed by atoms with Gasteiger partial charge in [-0.1, -0.05) is 30.3 Å². The fourth-order valence-corrected chi connectivity index (χ4v) is 3.20. The molecule has 11 heteroatoms. The summed E-state index contributed by atoms with van der Waals surface area (Å²) in [7, 11) is 0. The van der Waals surface area contributed by atoms with Gasteiger partial charge in [-0.2, -0.15) is 18.3 Å². The minimum atomic E-state index is -4.81. The normalized spacial score (nSPS) is 12.2. The number of hydrogen-bond donors (Lipinski definition) is 0. The molecule has 2 aromatic heterocycles. The van der Waals surface area contributed by atoms with Crippen LogP contribution >= 0.6 is 0 Å². The number of aromatic nitrogens is 3. The van der Waals surface area contributed by atoms with E-state index in [2.05, 4.69) is 14.8 Å². The molecule has 4 aromatic rings. The van der Waals surface area contributed by atoms with Crippen molar-refractivity contribution in [2.45, 2.75) is 19.1 Å². The fourth-order valence-electron chi connectivity index (χ4n) is 3.20. The van der Waals surface area contributed by atoms with Gasteiger partial charge in [0, 0.05) is 5.39 Å². The summed E-state index contributed by atoms with van der Waals surface area (Å²) in [4.78, 5) is 16.5. The Kier molecular flexibility index (Phi) is 5.56. The summed E-state index contributed by atoms with van der Waals surface area (Å²) in [6.07, 6.45) is -8.03. The van der Waals surface area contributed by atoms with Gasteiger partial charge in [-0.05, 0) is 41.5 Å². The molecule has 0 unspecified atom stereocenters. The van der Waals surface area contributed by atoms with E-state index in [9.17, 15) is 31.1 Å². The van der Waals surface area contributed by atoms with Crippen LogP contribution in [-0.2, 0) is 12.7 Å². The Morgan fingerprint density at radius 2 is 1.58 bits per heavy atom. The second kappa shape index (κ2) is 8.23. The first-order valence-corrected chi connectivity index (χ1v) is 9.39. The smallest absolute Gasteiger partial charge is 0.406 e. The van der Waals surface area contributed by atoms with Gasteiger partial charge in [0.1, 0.15) is 11.4 Å². The van der Waals surface area contributed by atoms with Crippen LogP contribution in [0.25, 0.3) is 21.9 Å². The molecule has 0 bridgehead atoms. The summed E-state index contributed by atoms with van der Waals surface area (Å²) in [5.41, 5.74) is -0.531. The van der Waals surface area contributed by atoms with Crippen molar-refractivity contribution in [2.24, 2.45) is 0 Å². The van der Waals surface area contributed by atoms with Crippen molar-refractivity contribution >= 4 is 10.8 Å². The van der Waals surface area contributed by atoms with E-state index in [0.29, 0.717) is 16.5 Å². The highest BCUT2D eigenvalue weighted by Crippen LogP contribution is 2.29. The van der Waals surface area contributed by atoms with E-state index >= 15 is 0 Å². The predicted molar refractivity (Wildman–Crippen MR) is 106 cm³/mol. The van der Waals surface area contributed by atoms with Crippen LogP contribution in [0.4, 0.5) is 26.3 Å². The van der Waals surface area contributed by atoms with Gasteiger partial charge in [0.05, 0.1) is 23.8 Å². The van der Waals surface area contributed by atoms with Crippen molar-refractivity contribution in [2.75, 3.05) is 0 Å². The van der Waals surface area contributed by atoms with Crippen molar-refractivity contribution in [1.82, 2.24) is 14.8 Å². The van der Waals surface area contributed by atoms with Crippen molar-refractivity contribution in [3.05, 3.63) is 88.6 Å². The zero-order valence-corrected chi connectivity index (χ0v) is 16.5. The maximum atomic E-state index is 12.9. The quantitative estimate of drug-likeness (QED) is 0.378. The zero-order valence-electron chi connectivity index (χ0n) is 16.5. The number of hydrogen-bond acceptors (Lipinski definition) is 4. The average Bonchev–Trinajstić information content (AvgIpc) is 2.75. The van der Waals surface area contributed by atoms with Gasteiger partial charge < -0.3 is 4.74 Å². The van der Waals surface area contributed by atoms with Crippen LogP contribution in [0, 0.1) is 0 Å². The Morgan fingerprint density at radius 3 is 2.24 bits per heavy atom. The van der Waals surface area contributed by atoms with Crippen LogP contribution in [-0.4, -0.2) is 21.1 Å². The van der Waals surface area contributed by atoms with Crippen molar-refractivity contribution in [3.63, 3.8) is 0 Å². The molecule has 0 aliphatic heterocycles. The Hall–Kier alpha value is -3.89. The Bertz CT molecular complexity index is 1360. The van der Waals surface area contributed by atoms with Gasteiger partial charge >= 0.3 is 12.5 Å². The number of nitrogens with zero attached hydrogens (tertiary/aromatic N) is 3. The van der Waals surface area contributed by atoms with Gasteiger partial charge in [0.2, 0.25) is 0 Å². The zero-order chi connectivity index (χ0) is 23.8. The van der Waals surface area contributed by atoms with Crippen LogP contribution in [0.3, 0.4) is 0 Å².